The fourth-order valence-electron chi connectivity index (χ4n) is 10.9. The molecule has 0 heterocycles. The maximum absolute atomic E-state index is 2.57. The van der Waals surface area contributed by atoms with Gasteiger partial charge in [0.15, 0.2) is 0 Å². The second-order valence-electron chi connectivity index (χ2n) is 17.2. The van der Waals surface area contributed by atoms with Crippen molar-refractivity contribution in [1.82, 2.24) is 0 Å². The van der Waals surface area contributed by atoms with E-state index < -0.39 is 0 Å². The SMILES string of the molecule is CC1(C)c2cc(-c3ccccc3)ccc2-c2c(-c3ccccc3)cc(N(c3ccc(C4CC5CCC4C5)cc3)c3cccc(C4CCCCC4)c3)cc21. The van der Waals surface area contributed by atoms with Crippen LogP contribution in [0.4, 0.5) is 17.1 Å². The Kier molecular flexibility index (Phi) is 8.16. The number of hydrogen-bond acceptors (Lipinski definition) is 1. The van der Waals surface area contributed by atoms with Gasteiger partial charge in [0.25, 0.3) is 0 Å². The molecule has 53 heavy (non-hydrogen) atoms. The predicted octanol–water partition coefficient (Wildman–Crippen LogP) is 14.7. The van der Waals surface area contributed by atoms with Crippen molar-refractivity contribution in [2.45, 2.75) is 88.9 Å². The molecule has 0 aromatic heterocycles. The molecule has 3 atom stereocenters. The molecule has 264 valence electrons. The van der Waals surface area contributed by atoms with Crippen molar-refractivity contribution in [2.24, 2.45) is 11.8 Å². The Hall–Kier alpha value is -4.88. The van der Waals surface area contributed by atoms with E-state index >= 15 is 0 Å². The topological polar surface area (TPSA) is 3.24 Å². The van der Waals surface area contributed by atoms with Crippen molar-refractivity contribution in [3.8, 4) is 33.4 Å². The summed E-state index contributed by atoms with van der Waals surface area (Å²) >= 11 is 0. The zero-order valence-electron chi connectivity index (χ0n) is 31.4. The minimum absolute atomic E-state index is 0.170. The Morgan fingerprint density at radius 1 is 0.491 bits per heavy atom. The quantitative estimate of drug-likeness (QED) is 0.161. The molecule has 4 aliphatic rings. The van der Waals surface area contributed by atoms with Crippen LogP contribution in [-0.4, -0.2) is 0 Å². The Bertz CT molecular complexity index is 2260. The summed E-state index contributed by atoms with van der Waals surface area (Å²) < 4.78 is 0. The lowest BCUT2D eigenvalue weighted by Crippen LogP contribution is -2.17. The second-order valence-corrected chi connectivity index (χ2v) is 17.2. The standard InChI is InChI=1S/C52H51N/c1-52(2)49-32-41(37-15-8-4-9-16-37)25-28-46(49)51-48(38-17-10-5-11-18-38)33-45(34-50(51)52)53(44-20-12-19-40(31-44)36-13-6-3-7-14-36)43-26-23-39(24-27-43)47-30-35-21-22-42(47)29-35/h4-5,8-12,15-20,23-28,31-36,42,47H,3,6-7,13-14,21-22,29-30H2,1-2H3. The maximum atomic E-state index is 2.57. The summed E-state index contributed by atoms with van der Waals surface area (Å²) in [6, 6.07) is 53.5. The summed E-state index contributed by atoms with van der Waals surface area (Å²) in [7, 11) is 0. The third-order valence-electron chi connectivity index (χ3n) is 13.7. The number of fused-ring (bicyclic) bond motifs is 5. The molecular weight excluding hydrogens is 639 g/mol. The second kappa shape index (κ2) is 13.2. The first kappa shape index (κ1) is 32.7. The van der Waals surface area contributed by atoms with Crippen LogP contribution in [0.3, 0.4) is 0 Å². The van der Waals surface area contributed by atoms with E-state index in [1.54, 1.807) is 5.56 Å². The Morgan fingerprint density at radius 2 is 1.25 bits per heavy atom. The van der Waals surface area contributed by atoms with Crippen LogP contribution in [0.15, 0.2) is 140 Å². The highest BCUT2D eigenvalue weighted by molar-refractivity contribution is 5.96. The largest absolute Gasteiger partial charge is 0.310 e. The number of rotatable bonds is 7. The molecule has 2 bridgehead atoms. The first-order valence-corrected chi connectivity index (χ1v) is 20.5. The number of benzene rings is 6. The van der Waals surface area contributed by atoms with Crippen LogP contribution in [0.2, 0.25) is 0 Å². The fraction of sp³-hybridized carbons (Fsp3) is 0.308. The molecule has 0 saturated heterocycles. The van der Waals surface area contributed by atoms with Gasteiger partial charge in [0.2, 0.25) is 0 Å². The van der Waals surface area contributed by atoms with E-state index in [9.17, 15) is 0 Å². The molecule has 6 aromatic rings. The maximum Gasteiger partial charge on any atom is 0.0471 e. The van der Waals surface area contributed by atoms with Gasteiger partial charge >= 0.3 is 0 Å². The molecule has 6 aromatic carbocycles. The van der Waals surface area contributed by atoms with Gasteiger partial charge in [0.05, 0.1) is 0 Å². The highest BCUT2D eigenvalue weighted by atomic mass is 15.1. The lowest BCUT2D eigenvalue weighted by molar-refractivity contribution is 0.420. The molecular formula is C52H51N. The summed E-state index contributed by atoms with van der Waals surface area (Å²) in [6.07, 6.45) is 12.3. The summed E-state index contributed by atoms with van der Waals surface area (Å²) in [4.78, 5) is 2.57. The highest BCUT2D eigenvalue weighted by Crippen LogP contribution is 2.56. The van der Waals surface area contributed by atoms with Gasteiger partial charge in [0, 0.05) is 22.5 Å². The summed E-state index contributed by atoms with van der Waals surface area (Å²) in [5.41, 5.74) is 17.3. The van der Waals surface area contributed by atoms with Crippen molar-refractivity contribution in [3.05, 3.63) is 162 Å². The smallest absolute Gasteiger partial charge is 0.0471 e. The molecule has 0 spiro atoms. The van der Waals surface area contributed by atoms with Gasteiger partial charge < -0.3 is 4.90 Å². The zero-order valence-corrected chi connectivity index (χ0v) is 31.4. The van der Waals surface area contributed by atoms with Crippen LogP contribution in [-0.2, 0) is 5.41 Å². The lowest BCUT2D eigenvalue weighted by atomic mass is 9.80. The van der Waals surface area contributed by atoms with Gasteiger partial charge in [-0.25, -0.2) is 0 Å². The molecule has 3 fully saturated rings. The molecule has 10 rings (SSSR count). The van der Waals surface area contributed by atoms with Gasteiger partial charge in [0.1, 0.15) is 0 Å². The van der Waals surface area contributed by atoms with Crippen molar-refractivity contribution in [3.63, 3.8) is 0 Å². The number of hydrogen-bond donors (Lipinski definition) is 0. The molecule has 3 unspecified atom stereocenters. The zero-order chi connectivity index (χ0) is 35.5. The lowest BCUT2D eigenvalue weighted by Gasteiger charge is -2.31. The first-order valence-electron chi connectivity index (χ1n) is 20.5. The van der Waals surface area contributed by atoms with Crippen molar-refractivity contribution >= 4 is 17.1 Å². The Balaban J connectivity index is 1.14. The molecule has 4 aliphatic carbocycles. The van der Waals surface area contributed by atoms with E-state index in [0.29, 0.717) is 5.92 Å². The normalized spacial score (nSPS) is 21.4. The average molecular weight is 690 g/mol. The molecule has 1 heteroatoms. The summed E-state index contributed by atoms with van der Waals surface area (Å²) in [5, 5.41) is 0. The highest BCUT2D eigenvalue weighted by Gasteiger charge is 2.41. The van der Waals surface area contributed by atoms with E-state index in [2.05, 4.69) is 158 Å². The molecule has 0 radical (unpaired) electrons. The minimum Gasteiger partial charge on any atom is -0.310 e. The fourth-order valence-corrected chi connectivity index (χ4v) is 10.9. The molecule has 0 N–H and O–H groups in total. The van der Waals surface area contributed by atoms with Crippen molar-refractivity contribution in [2.75, 3.05) is 4.90 Å². The Morgan fingerprint density at radius 3 is 1.96 bits per heavy atom. The first-order chi connectivity index (χ1) is 26.0. The predicted molar refractivity (Wildman–Crippen MR) is 224 cm³/mol. The van der Waals surface area contributed by atoms with E-state index in [4.69, 9.17) is 0 Å². The van der Waals surface area contributed by atoms with E-state index in [0.717, 1.165) is 17.8 Å². The third kappa shape index (κ3) is 5.75. The number of nitrogens with zero attached hydrogens (tertiary/aromatic N) is 1. The van der Waals surface area contributed by atoms with Gasteiger partial charge in [-0.2, -0.15) is 0 Å². The van der Waals surface area contributed by atoms with E-state index in [1.807, 2.05) is 0 Å². The van der Waals surface area contributed by atoms with E-state index in [-0.39, 0.29) is 5.41 Å². The average Bonchev–Trinajstić information content (AvgIpc) is 3.92. The van der Waals surface area contributed by atoms with E-state index in [1.165, 1.54) is 125 Å². The van der Waals surface area contributed by atoms with Gasteiger partial charge in [-0.1, -0.05) is 137 Å². The van der Waals surface area contributed by atoms with Crippen molar-refractivity contribution in [1.29, 1.82) is 0 Å². The third-order valence-corrected chi connectivity index (χ3v) is 13.7. The molecule has 0 amide bonds. The van der Waals surface area contributed by atoms with Crippen LogP contribution < -0.4 is 4.90 Å². The van der Waals surface area contributed by atoms with Crippen molar-refractivity contribution < 1.29 is 0 Å². The van der Waals surface area contributed by atoms with Crippen LogP contribution in [0.5, 0.6) is 0 Å². The summed E-state index contributed by atoms with van der Waals surface area (Å²) in [6.45, 7) is 4.87. The van der Waals surface area contributed by atoms with Gasteiger partial charge in [-0.3, -0.25) is 0 Å². The number of anilines is 3. The van der Waals surface area contributed by atoms with Gasteiger partial charge in [-0.15, -0.1) is 0 Å². The molecule has 0 aliphatic heterocycles. The Labute approximate surface area is 316 Å². The summed E-state index contributed by atoms with van der Waals surface area (Å²) in [5.74, 6) is 3.21. The monoisotopic (exact) mass is 689 g/mol. The van der Waals surface area contributed by atoms with Crippen LogP contribution in [0.25, 0.3) is 33.4 Å². The van der Waals surface area contributed by atoms with Crippen LogP contribution in [0, 0.1) is 11.8 Å². The minimum atomic E-state index is -0.170. The van der Waals surface area contributed by atoms with Crippen LogP contribution in [0.1, 0.15) is 106 Å². The molecule has 3 saturated carbocycles. The van der Waals surface area contributed by atoms with Crippen LogP contribution >= 0.6 is 0 Å². The molecule has 1 nitrogen and oxygen atoms in total. The van der Waals surface area contributed by atoms with Gasteiger partial charge in [-0.05, 0) is 154 Å².